The van der Waals surface area contributed by atoms with Gasteiger partial charge in [0.2, 0.25) is 0 Å². The number of halogens is 3. The van der Waals surface area contributed by atoms with Crippen molar-refractivity contribution in [3.05, 3.63) is 17.7 Å². The second kappa shape index (κ2) is 4.81. The molecule has 17 heavy (non-hydrogen) atoms. The van der Waals surface area contributed by atoms with Crippen molar-refractivity contribution in [2.75, 3.05) is 11.1 Å². The van der Waals surface area contributed by atoms with Gasteiger partial charge in [-0.3, -0.25) is 0 Å². The van der Waals surface area contributed by atoms with Crippen molar-refractivity contribution >= 4 is 11.6 Å². The predicted octanol–water partition coefficient (Wildman–Crippen LogP) is 3.14. The van der Waals surface area contributed by atoms with Gasteiger partial charge in [-0.25, -0.2) is 4.98 Å². The predicted molar refractivity (Wildman–Crippen MR) is 61.6 cm³/mol. The highest BCUT2D eigenvalue weighted by atomic mass is 19.4. The summed E-state index contributed by atoms with van der Waals surface area (Å²) in [4.78, 5) is 3.84. The number of pyridine rings is 1. The molecular formula is C11H16F3N3. The lowest BCUT2D eigenvalue weighted by Crippen LogP contribution is -2.22. The quantitative estimate of drug-likeness (QED) is 0.862. The van der Waals surface area contributed by atoms with Gasteiger partial charge in [0.1, 0.15) is 11.6 Å². The van der Waals surface area contributed by atoms with Crippen LogP contribution in [0, 0.1) is 5.92 Å². The van der Waals surface area contributed by atoms with Gasteiger partial charge >= 0.3 is 6.18 Å². The second-order valence-electron chi connectivity index (χ2n) is 4.34. The van der Waals surface area contributed by atoms with Crippen LogP contribution >= 0.6 is 0 Å². The Bertz CT molecular complexity index is 388. The van der Waals surface area contributed by atoms with Crippen molar-refractivity contribution in [1.29, 1.82) is 0 Å². The van der Waals surface area contributed by atoms with Crippen molar-refractivity contribution in [3.8, 4) is 0 Å². The second-order valence-corrected chi connectivity index (χ2v) is 4.34. The van der Waals surface area contributed by atoms with E-state index in [4.69, 9.17) is 5.73 Å². The summed E-state index contributed by atoms with van der Waals surface area (Å²) in [7, 11) is 0. The Labute approximate surface area is 98.2 Å². The molecule has 1 aromatic rings. The van der Waals surface area contributed by atoms with E-state index >= 15 is 0 Å². The van der Waals surface area contributed by atoms with Crippen molar-refractivity contribution in [2.45, 2.75) is 33.0 Å². The van der Waals surface area contributed by atoms with Crippen LogP contribution in [0.4, 0.5) is 24.8 Å². The number of hydrogen-bond acceptors (Lipinski definition) is 3. The highest BCUT2D eigenvalue weighted by Crippen LogP contribution is 2.31. The highest BCUT2D eigenvalue weighted by Gasteiger charge is 2.31. The molecule has 0 radical (unpaired) electrons. The standard InChI is InChI=1S/C11H16F3N3/c1-6(2)7(3)16-10-5-8(11(12,13)14)4-9(15)17-10/h4-7H,1-3H3,(H3,15,16,17). The lowest BCUT2D eigenvalue weighted by atomic mass is 10.1. The van der Waals surface area contributed by atoms with E-state index in [1.165, 1.54) is 0 Å². The number of nitrogens with one attached hydrogen (secondary N) is 1. The number of nitrogens with two attached hydrogens (primary N) is 1. The third-order valence-electron chi connectivity index (χ3n) is 2.55. The molecule has 0 amide bonds. The zero-order chi connectivity index (χ0) is 13.2. The normalized spacial score (nSPS) is 13.8. The van der Waals surface area contributed by atoms with E-state index in [1.807, 2.05) is 20.8 Å². The Hall–Kier alpha value is -1.46. The van der Waals surface area contributed by atoms with E-state index in [2.05, 4.69) is 10.3 Å². The Balaban J connectivity index is 2.98. The van der Waals surface area contributed by atoms with Crippen molar-refractivity contribution < 1.29 is 13.2 Å². The van der Waals surface area contributed by atoms with Crippen molar-refractivity contribution in [3.63, 3.8) is 0 Å². The maximum atomic E-state index is 12.5. The molecule has 1 heterocycles. The monoisotopic (exact) mass is 247 g/mol. The maximum absolute atomic E-state index is 12.5. The van der Waals surface area contributed by atoms with Gasteiger partial charge in [0.05, 0.1) is 5.56 Å². The molecule has 0 aliphatic carbocycles. The van der Waals surface area contributed by atoms with Gasteiger partial charge in [-0.1, -0.05) is 13.8 Å². The van der Waals surface area contributed by atoms with Gasteiger partial charge < -0.3 is 11.1 Å². The first-order valence-corrected chi connectivity index (χ1v) is 5.31. The summed E-state index contributed by atoms with van der Waals surface area (Å²) in [5.74, 6) is 0.296. The molecule has 3 N–H and O–H groups in total. The third kappa shape index (κ3) is 3.80. The summed E-state index contributed by atoms with van der Waals surface area (Å²) in [5, 5.41) is 2.90. The van der Waals surface area contributed by atoms with E-state index in [0.717, 1.165) is 12.1 Å². The Morgan fingerprint density at radius 2 is 1.82 bits per heavy atom. The number of hydrogen-bond donors (Lipinski definition) is 2. The fourth-order valence-corrected chi connectivity index (χ4v) is 1.19. The summed E-state index contributed by atoms with van der Waals surface area (Å²) >= 11 is 0. The Kier molecular flexibility index (Phi) is 3.85. The van der Waals surface area contributed by atoms with Gasteiger partial charge in [-0.15, -0.1) is 0 Å². The topological polar surface area (TPSA) is 50.9 Å². The van der Waals surface area contributed by atoms with Crippen LogP contribution in [0.3, 0.4) is 0 Å². The fourth-order valence-electron chi connectivity index (χ4n) is 1.19. The van der Waals surface area contributed by atoms with Crippen LogP contribution in [0.25, 0.3) is 0 Å². The van der Waals surface area contributed by atoms with Crippen LogP contribution in [0.2, 0.25) is 0 Å². The van der Waals surface area contributed by atoms with Gasteiger partial charge in [-0.05, 0) is 25.0 Å². The summed E-state index contributed by atoms with van der Waals surface area (Å²) < 4.78 is 37.6. The van der Waals surface area contributed by atoms with E-state index in [-0.39, 0.29) is 23.6 Å². The number of nitrogens with zero attached hydrogens (tertiary/aromatic N) is 1. The molecule has 1 atom stereocenters. The van der Waals surface area contributed by atoms with Crippen LogP contribution in [-0.2, 0) is 6.18 Å². The van der Waals surface area contributed by atoms with Crippen LogP contribution in [-0.4, -0.2) is 11.0 Å². The first-order valence-electron chi connectivity index (χ1n) is 5.31. The first kappa shape index (κ1) is 13.6. The summed E-state index contributed by atoms with van der Waals surface area (Å²) in [6.45, 7) is 5.81. The molecule has 0 fully saturated rings. The molecule has 0 aliphatic heterocycles. The number of alkyl halides is 3. The van der Waals surface area contributed by atoms with Gasteiger partial charge in [0, 0.05) is 6.04 Å². The molecule has 0 saturated carbocycles. The molecule has 0 aliphatic rings. The molecule has 0 aromatic carbocycles. The van der Waals surface area contributed by atoms with Crippen LogP contribution in [0.5, 0.6) is 0 Å². The van der Waals surface area contributed by atoms with E-state index < -0.39 is 11.7 Å². The molecule has 3 nitrogen and oxygen atoms in total. The molecule has 1 rings (SSSR count). The SMILES string of the molecule is CC(C)C(C)Nc1cc(C(F)(F)F)cc(N)n1. The zero-order valence-corrected chi connectivity index (χ0v) is 9.97. The van der Waals surface area contributed by atoms with E-state index in [0.29, 0.717) is 0 Å². The highest BCUT2D eigenvalue weighted by molar-refractivity contribution is 5.47. The van der Waals surface area contributed by atoms with Crippen LogP contribution < -0.4 is 11.1 Å². The molecule has 1 unspecified atom stereocenters. The Morgan fingerprint density at radius 3 is 2.29 bits per heavy atom. The smallest absolute Gasteiger partial charge is 0.384 e. The number of aromatic nitrogens is 1. The average molecular weight is 247 g/mol. The minimum Gasteiger partial charge on any atom is -0.384 e. The summed E-state index contributed by atoms with van der Waals surface area (Å²) in [5.41, 5.74) is 4.57. The maximum Gasteiger partial charge on any atom is 0.416 e. The third-order valence-corrected chi connectivity index (χ3v) is 2.55. The van der Waals surface area contributed by atoms with Crippen LogP contribution in [0.1, 0.15) is 26.3 Å². The molecule has 1 aromatic heterocycles. The van der Waals surface area contributed by atoms with Gasteiger partial charge in [-0.2, -0.15) is 13.2 Å². The number of nitrogen functional groups attached to an aromatic ring is 1. The van der Waals surface area contributed by atoms with Gasteiger partial charge in [0.15, 0.2) is 0 Å². The first-order chi connectivity index (χ1) is 7.70. The molecule has 0 bridgehead atoms. The molecule has 0 spiro atoms. The Morgan fingerprint density at radius 1 is 1.24 bits per heavy atom. The lowest BCUT2D eigenvalue weighted by molar-refractivity contribution is -0.137. The molecule has 6 heteroatoms. The van der Waals surface area contributed by atoms with Crippen molar-refractivity contribution in [2.24, 2.45) is 5.92 Å². The molecular weight excluding hydrogens is 231 g/mol. The minimum absolute atomic E-state index is 0.0189. The van der Waals surface area contributed by atoms with Gasteiger partial charge in [0.25, 0.3) is 0 Å². The van der Waals surface area contributed by atoms with E-state index in [9.17, 15) is 13.2 Å². The van der Waals surface area contributed by atoms with E-state index in [1.54, 1.807) is 0 Å². The number of rotatable bonds is 3. The lowest BCUT2D eigenvalue weighted by Gasteiger charge is -2.19. The fraction of sp³-hybridized carbons (Fsp3) is 0.545. The molecule has 96 valence electrons. The summed E-state index contributed by atoms with van der Waals surface area (Å²) in [6.07, 6.45) is -4.41. The van der Waals surface area contributed by atoms with Crippen molar-refractivity contribution in [1.82, 2.24) is 4.98 Å². The molecule has 0 saturated heterocycles. The zero-order valence-electron chi connectivity index (χ0n) is 9.97. The largest absolute Gasteiger partial charge is 0.416 e. The average Bonchev–Trinajstić information content (AvgIpc) is 2.15. The van der Waals surface area contributed by atoms with Crippen LogP contribution in [0.15, 0.2) is 12.1 Å². The minimum atomic E-state index is -4.41. The number of anilines is 2. The summed E-state index contributed by atoms with van der Waals surface area (Å²) in [6, 6.07) is 1.81.